The lowest BCUT2D eigenvalue weighted by atomic mass is 9.85. The van der Waals surface area contributed by atoms with Crippen LogP contribution >= 0.6 is 0 Å². The van der Waals surface area contributed by atoms with E-state index in [2.05, 4.69) is 171 Å². The maximum absolute atomic E-state index is 6.39. The zero-order valence-corrected chi connectivity index (χ0v) is 29.8. The van der Waals surface area contributed by atoms with Crippen molar-refractivity contribution in [2.75, 3.05) is 0 Å². The van der Waals surface area contributed by atoms with Crippen molar-refractivity contribution in [2.24, 2.45) is 0 Å². The van der Waals surface area contributed by atoms with Gasteiger partial charge in [0, 0.05) is 21.5 Å². The van der Waals surface area contributed by atoms with Crippen molar-refractivity contribution in [2.45, 2.75) is 12.8 Å². The molecule has 2 nitrogen and oxygen atoms in total. The number of rotatable bonds is 5. The maximum atomic E-state index is 6.39. The van der Waals surface area contributed by atoms with Gasteiger partial charge < -0.3 is 8.83 Å². The van der Waals surface area contributed by atoms with E-state index in [0.29, 0.717) is 0 Å². The van der Waals surface area contributed by atoms with E-state index in [4.69, 9.17) is 8.83 Å². The molecule has 0 bridgehead atoms. The standard InChI is InChI=1S/C52H36O2/c1-33(36-26-28-47-44(30-36)45-32-43-37(31-49(45)54-47)27-29-48-52(43)42-22-14-15-23-46(42)53-48)24-25-34(2)50-38-18-10-12-20-40(38)51(41-21-13-11-19-39(41)50)35-16-8-6-4-3-5-7-9-17-35/h3-4,6-15,17-32H,1-2,5,16H2/b4-3-,8-6-,9-7-,25-24-,35-17?. The van der Waals surface area contributed by atoms with Crippen LogP contribution in [0.4, 0.5) is 0 Å². The number of hydrogen-bond acceptors (Lipinski definition) is 2. The molecule has 2 heterocycles. The molecular weight excluding hydrogens is 657 g/mol. The maximum Gasteiger partial charge on any atom is 0.136 e. The van der Waals surface area contributed by atoms with Crippen LogP contribution in [-0.4, -0.2) is 0 Å². The van der Waals surface area contributed by atoms with Gasteiger partial charge in [-0.2, -0.15) is 0 Å². The quantitative estimate of drug-likeness (QED) is 0.133. The van der Waals surface area contributed by atoms with E-state index in [1.165, 1.54) is 32.7 Å². The number of furan rings is 2. The van der Waals surface area contributed by atoms with Crippen molar-refractivity contribution in [1.82, 2.24) is 0 Å². The summed E-state index contributed by atoms with van der Waals surface area (Å²) in [6.07, 6.45) is 21.4. The Labute approximate surface area is 313 Å². The molecular formula is C52H36O2. The first-order valence-electron chi connectivity index (χ1n) is 18.5. The molecule has 0 fully saturated rings. The van der Waals surface area contributed by atoms with Gasteiger partial charge in [0.05, 0.1) is 0 Å². The Balaban J connectivity index is 1.04. The first kappa shape index (κ1) is 31.8. The van der Waals surface area contributed by atoms with Crippen LogP contribution in [0.2, 0.25) is 0 Å². The highest BCUT2D eigenvalue weighted by atomic mass is 16.3. The third-order valence-corrected chi connectivity index (χ3v) is 10.8. The van der Waals surface area contributed by atoms with E-state index in [1.807, 2.05) is 12.1 Å². The van der Waals surface area contributed by atoms with Crippen molar-refractivity contribution >= 4 is 92.9 Å². The van der Waals surface area contributed by atoms with Gasteiger partial charge in [-0.1, -0.05) is 147 Å². The molecule has 0 amide bonds. The zero-order valence-electron chi connectivity index (χ0n) is 29.8. The third-order valence-electron chi connectivity index (χ3n) is 10.8. The molecule has 9 aromatic rings. The van der Waals surface area contributed by atoms with Crippen molar-refractivity contribution in [3.8, 4) is 0 Å². The second kappa shape index (κ2) is 12.9. The normalized spacial score (nSPS) is 15.5. The van der Waals surface area contributed by atoms with Crippen LogP contribution in [0.15, 0.2) is 192 Å². The van der Waals surface area contributed by atoms with Crippen LogP contribution in [0.25, 0.3) is 92.9 Å². The summed E-state index contributed by atoms with van der Waals surface area (Å²) in [5.74, 6) is 0. The number of allylic oxidation sites excluding steroid dienone is 12. The largest absolute Gasteiger partial charge is 0.456 e. The summed E-state index contributed by atoms with van der Waals surface area (Å²) in [6, 6.07) is 40.6. The first-order chi connectivity index (χ1) is 26.6. The summed E-state index contributed by atoms with van der Waals surface area (Å²) in [5, 5.41) is 11.5. The number of fused-ring (bicyclic) bond motifs is 10. The lowest BCUT2D eigenvalue weighted by molar-refractivity contribution is 0.668. The second-order valence-corrected chi connectivity index (χ2v) is 14.1. The molecule has 10 rings (SSSR count). The third kappa shape index (κ3) is 5.26. The molecule has 0 N–H and O–H groups in total. The van der Waals surface area contributed by atoms with Crippen molar-refractivity contribution in [3.05, 3.63) is 200 Å². The summed E-state index contributed by atoms with van der Waals surface area (Å²) in [7, 11) is 0. The Morgan fingerprint density at radius 3 is 1.94 bits per heavy atom. The van der Waals surface area contributed by atoms with Gasteiger partial charge in [-0.3, -0.25) is 0 Å². The fraction of sp³-hybridized carbons (Fsp3) is 0.0385. The van der Waals surface area contributed by atoms with Gasteiger partial charge in [0.2, 0.25) is 0 Å². The van der Waals surface area contributed by atoms with E-state index in [0.717, 1.165) is 89.8 Å². The predicted molar refractivity (Wildman–Crippen MR) is 232 cm³/mol. The van der Waals surface area contributed by atoms with Gasteiger partial charge in [-0.05, 0) is 115 Å². The number of para-hydroxylation sites is 1. The van der Waals surface area contributed by atoms with Crippen LogP contribution in [0.5, 0.6) is 0 Å². The molecule has 0 saturated heterocycles. The number of benzene rings is 7. The SMILES string of the molecule is C=C(/C=C\C(=C)c1c2ccccc2c(C2=C/C=C\C/C=C\C=C/C2)c2ccccc12)c1ccc2oc3cc4ccc5oc6ccccc6c5c4cc3c2c1. The Bertz CT molecular complexity index is 3130. The van der Waals surface area contributed by atoms with Crippen molar-refractivity contribution in [3.63, 3.8) is 0 Å². The van der Waals surface area contributed by atoms with Gasteiger partial charge in [0.15, 0.2) is 0 Å². The topological polar surface area (TPSA) is 26.3 Å². The molecule has 7 aromatic carbocycles. The van der Waals surface area contributed by atoms with Crippen LogP contribution in [-0.2, 0) is 0 Å². The van der Waals surface area contributed by atoms with E-state index in [-0.39, 0.29) is 0 Å². The molecule has 0 saturated carbocycles. The molecule has 0 atom stereocenters. The minimum Gasteiger partial charge on any atom is -0.456 e. The van der Waals surface area contributed by atoms with Crippen LogP contribution in [0, 0.1) is 0 Å². The fourth-order valence-electron chi connectivity index (χ4n) is 8.24. The first-order valence-corrected chi connectivity index (χ1v) is 18.5. The summed E-state index contributed by atoms with van der Waals surface area (Å²) < 4.78 is 12.6. The van der Waals surface area contributed by atoms with Gasteiger partial charge in [0.1, 0.15) is 22.3 Å². The van der Waals surface area contributed by atoms with Gasteiger partial charge in [-0.25, -0.2) is 0 Å². The Morgan fingerprint density at radius 2 is 1.13 bits per heavy atom. The molecule has 2 aromatic heterocycles. The Hall–Kier alpha value is -6.90. The smallest absolute Gasteiger partial charge is 0.136 e. The molecule has 54 heavy (non-hydrogen) atoms. The van der Waals surface area contributed by atoms with E-state index < -0.39 is 0 Å². The molecule has 256 valence electrons. The van der Waals surface area contributed by atoms with E-state index >= 15 is 0 Å². The van der Waals surface area contributed by atoms with Crippen LogP contribution in [0.3, 0.4) is 0 Å². The highest BCUT2D eigenvalue weighted by molar-refractivity contribution is 6.23. The highest BCUT2D eigenvalue weighted by Gasteiger charge is 2.18. The molecule has 0 aliphatic heterocycles. The fourth-order valence-corrected chi connectivity index (χ4v) is 8.24. The van der Waals surface area contributed by atoms with Gasteiger partial charge >= 0.3 is 0 Å². The average molecular weight is 693 g/mol. The molecule has 0 unspecified atom stereocenters. The Kier molecular flexibility index (Phi) is 7.63. The number of hydrogen-bond donors (Lipinski definition) is 0. The van der Waals surface area contributed by atoms with Gasteiger partial charge in [0.25, 0.3) is 0 Å². The lowest BCUT2D eigenvalue weighted by Crippen LogP contribution is -1.95. The van der Waals surface area contributed by atoms with E-state index in [1.54, 1.807) is 0 Å². The van der Waals surface area contributed by atoms with Crippen molar-refractivity contribution in [1.29, 1.82) is 0 Å². The van der Waals surface area contributed by atoms with Crippen LogP contribution < -0.4 is 0 Å². The van der Waals surface area contributed by atoms with Gasteiger partial charge in [-0.15, -0.1) is 0 Å². The second-order valence-electron chi connectivity index (χ2n) is 14.1. The lowest BCUT2D eigenvalue weighted by Gasteiger charge is -2.19. The van der Waals surface area contributed by atoms with E-state index in [9.17, 15) is 0 Å². The zero-order chi connectivity index (χ0) is 36.2. The molecule has 1 aliphatic rings. The monoisotopic (exact) mass is 692 g/mol. The molecule has 1 aliphatic carbocycles. The summed E-state index contributed by atoms with van der Waals surface area (Å²) >= 11 is 0. The summed E-state index contributed by atoms with van der Waals surface area (Å²) in [4.78, 5) is 0. The summed E-state index contributed by atoms with van der Waals surface area (Å²) in [5.41, 5.74) is 10.1. The van der Waals surface area contributed by atoms with Crippen molar-refractivity contribution < 1.29 is 8.83 Å². The predicted octanol–water partition coefficient (Wildman–Crippen LogP) is 15.1. The minimum atomic E-state index is 0.847. The summed E-state index contributed by atoms with van der Waals surface area (Å²) in [6.45, 7) is 9.16. The molecule has 2 heteroatoms. The molecule has 0 radical (unpaired) electrons. The highest BCUT2D eigenvalue weighted by Crippen LogP contribution is 2.42. The van der Waals surface area contributed by atoms with Crippen LogP contribution in [0.1, 0.15) is 29.5 Å². The minimum absolute atomic E-state index is 0.847. The Morgan fingerprint density at radius 1 is 0.500 bits per heavy atom. The molecule has 0 spiro atoms. The average Bonchev–Trinajstić information content (AvgIpc) is 3.77.